The first-order valence-electron chi connectivity index (χ1n) is 9.19. The lowest BCUT2D eigenvalue weighted by molar-refractivity contribution is -0.144. The second-order valence-electron chi connectivity index (χ2n) is 5.82. The first-order chi connectivity index (χ1) is 13.1. The minimum atomic E-state index is -0.830. The average Bonchev–Trinajstić information content (AvgIpc) is 2.63. The van der Waals surface area contributed by atoms with Crippen molar-refractivity contribution in [3.8, 4) is 0 Å². The van der Waals surface area contributed by atoms with Gasteiger partial charge in [-0.1, -0.05) is 0 Å². The molecule has 0 aromatic heterocycles. The smallest absolute Gasteiger partial charge is 0.306 e. The highest BCUT2D eigenvalue weighted by Crippen LogP contribution is 2.09. The Labute approximate surface area is 185 Å². The number of aliphatic hydroxyl groups is 1. The van der Waals surface area contributed by atoms with Gasteiger partial charge in [-0.15, -0.1) is 0 Å². The van der Waals surface area contributed by atoms with E-state index >= 15 is 0 Å². The normalized spacial score (nSPS) is 14.7. The number of ether oxygens (including phenoxy) is 4. The molecular formula is C17H34O6S4. The second kappa shape index (κ2) is 20.0. The quantitative estimate of drug-likeness (QED) is 0.0878. The number of esters is 1. The fourth-order valence-electron chi connectivity index (χ4n) is 2.03. The molecule has 0 spiro atoms. The molecule has 0 aliphatic carbocycles. The zero-order valence-corrected chi connectivity index (χ0v) is 19.3. The van der Waals surface area contributed by atoms with Crippen LogP contribution in [0.25, 0.3) is 0 Å². The molecule has 0 fully saturated rings. The van der Waals surface area contributed by atoms with Crippen LogP contribution in [0.15, 0.2) is 0 Å². The Kier molecular flexibility index (Phi) is 20.5. The average molecular weight is 463 g/mol. The van der Waals surface area contributed by atoms with Gasteiger partial charge < -0.3 is 24.1 Å². The maximum Gasteiger partial charge on any atom is 0.306 e. The van der Waals surface area contributed by atoms with Gasteiger partial charge in [0.25, 0.3) is 0 Å². The Balaban J connectivity index is 4.10. The molecule has 0 aliphatic heterocycles. The number of carbonyl (C=O) groups is 1. The van der Waals surface area contributed by atoms with Gasteiger partial charge in [-0.3, -0.25) is 4.79 Å². The summed E-state index contributed by atoms with van der Waals surface area (Å²) in [6.07, 6.45) is 1.79. The van der Waals surface area contributed by atoms with E-state index in [1.165, 1.54) is 0 Å². The Morgan fingerprint density at radius 3 is 1.96 bits per heavy atom. The van der Waals surface area contributed by atoms with Crippen LogP contribution in [0.1, 0.15) is 32.1 Å². The van der Waals surface area contributed by atoms with Gasteiger partial charge in [0, 0.05) is 18.6 Å². The van der Waals surface area contributed by atoms with Gasteiger partial charge >= 0.3 is 5.97 Å². The summed E-state index contributed by atoms with van der Waals surface area (Å²) in [6, 6.07) is 0. The topological polar surface area (TPSA) is 74.2 Å². The Bertz CT molecular complexity index is 351. The van der Waals surface area contributed by atoms with E-state index in [-0.39, 0.29) is 18.2 Å². The van der Waals surface area contributed by atoms with Crippen molar-refractivity contribution in [2.45, 2.75) is 50.6 Å². The molecule has 3 atom stereocenters. The summed E-state index contributed by atoms with van der Waals surface area (Å²) in [7, 11) is 0. The number of hydrogen-bond acceptors (Lipinski definition) is 10. The largest absolute Gasteiger partial charge is 0.466 e. The monoisotopic (exact) mass is 462 g/mol. The Hall–Kier alpha value is 0.710. The van der Waals surface area contributed by atoms with Crippen molar-refractivity contribution in [3.63, 3.8) is 0 Å². The summed E-state index contributed by atoms with van der Waals surface area (Å²) in [5.41, 5.74) is 0. The van der Waals surface area contributed by atoms with Gasteiger partial charge in [0.15, 0.2) is 6.29 Å². The molecule has 0 saturated heterocycles. The third-order valence-corrected chi connectivity index (χ3v) is 4.49. The minimum absolute atomic E-state index is 0.0968. The summed E-state index contributed by atoms with van der Waals surface area (Å²) in [6.45, 7) is 1.51. The van der Waals surface area contributed by atoms with Crippen molar-refractivity contribution in [1.82, 2.24) is 0 Å². The van der Waals surface area contributed by atoms with E-state index < -0.39 is 6.29 Å². The highest BCUT2D eigenvalue weighted by atomic mass is 32.1. The van der Waals surface area contributed by atoms with Crippen LogP contribution >= 0.6 is 50.5 Å². The predicted octanol–water partition coefficient (Wildman–Crippen LogP) is 2.30. The highest BCUT2D eigenvalue weighted by Gasteiger charge is 2.16. The summed E-state index contributed by atoms with van der Waals surface area (Å²) < 4.78 is 22.2. The minimum Gasteiger partial charge on any atom is -0.466 e. The van der Waals surface area contributed by atoms with E-state index in [0.717, 1.165) is 6.42 Å². The molecule has 0 aliphatic rings. The first kappa shape index (κ1) is 27.7. The van der Waals surface area contributed by atoms with E-state index in [9.17, 15) is 9.90 Å². The molecule has 0 aromatic rings. The van der Waals surface area contributed by atoms with Crippen molar-refractivity contribution in [1.29, 1.82) is 0 Å². The van der Waals surface area contributed by atoms with Crippen LogP contribution in [0.4, 0.5) is 0 Å². The lowest BCUT2D eigenvalue weighted by Crippen LogP contribution is -2.30. The second-order valence-corrected chi connectivity index (χ2v) is 7.61. The van der Waals surface area contributed by atoms with Crippen molar-refractivity contribution in [2.24, 2.45) is 0 Å². The fourth-order valence-corrected chi connectivity index (χ4v) is 3.01. The predicted molar refractivity (Wildman–Crippen MR) is 121 cm³/mol. The van der Waals surface area contributed by atoms with Crippen LogP contribution in [0.5, 0.6) is 0 Å². The zero-order valence-electron chi connectivity index (χ0n) is 15.7. The van der Waals surface area contributed by atoms with Crippen molar-refractivity contribution in [2.75, 3.05) is 49.4 Å². The first-order valence-corrected chi connectivity index (χ1v) is 11.7. The van der Waals surface area contributed by atoms with Crippen LogP contribution < -0.4 is 0 Å². The standard InChI is InChI=1S/C17H34O6S4/c18-16(4-10-26)21-7-1-6-20-14(2-8-24)12-22-15(3-9-25)13-23-17(19)5-11-27/h14-15,17,19,24-27H,1-13H2. The van der Waals surface area contributed by atoms with Gasteiger partial charge in [-0.05, 0) is 30.1 Å². The van der Waals surface area contributed by atoms with Crippen LogP contribution in [0.3, 0.4) is 0 Å². The Morgan fingerprint density at radius 1 is 0.778 bits per heavy atom. The van der Waals surface area contributed by atoms with E-state index in [0.29, 0.717) is 75.1 Å². The molecule has 1 N–H and O–H groups in total. The molecule has 0 saturated carbocycles. The molecule has 162 valence electrons. The van der Waals surface area contributed by atoms with Crippen molar-refractivity contribution in [3.05, 3.63) is 0 Å². The van der Waals surface area contributed by atoms with E-state index in [4.69, 9.17) is 18.9 Å². The number of thiol groups is 4. The number of aliphatic hydroxyl groups excluding tert-OH is 1. The van der Waals surface area contributed by atoms with Gasteiger partial charge in [0.2, 0.25) is 0 Å². The molecule has 0 rings (SSSR count). The molecule has 0 heterocycles. The third kappa shape index (κ3) is 17.3. The van der Waals surface area contributed by atoms with Crippen molar-refractivity contribution >= 4 is 56.5 Å². The summed E-state index contributed by atoms with van der Waals surface area (Å²) in [5.74, 6) is 2.14. The van der Waals surface area contributed by atoms with Gasteiger partial charge in [-0.2, -0.15) is 50.5 Å². The summed E-state index contributed by atoms with van der Waals surface area (Å²) in [4.78, 5) is 11.2. The zero-order chi connectivity index (χ0) is 20.3. The summed E-state index contributed by atoms with van der Waals surface area (Å²) in [5, 5.41) is 9.65. The van der Waals surface area contributed by atoms with Gasteiger partial charge in [-0.25, -0.2) is 0 Å². The van der Waals surface area contributed by atoms with Crippen molar-refractivity contribution < 1.29 is 28.8 Å². The molecule has 0 aromatic carbocycles. The molecular weight excluding hydrogens is 428 g/mol. The third-order valence-electron chi connectivity index (χ3n) is 3.49. The van der Waals surface area contributed by atoms with E-state index in [2.05, 4.69) is 50.5 Å². The molecule has 6 nitrogen and oxygen atoms in total. The summed E-state index contributed by atoms with van der Waals surface area (Å²) >= 11 is 16.6. The Morgan fingerprint density at radius 2 is 1.37 bits per heavy atom. The molecule has 10 heteroatoms. The van der Waals surface area contributed by atoms with E-state index in [1.54, 1.807) is 0 Å². The fraction of sp³-hybridized carbons (Fsp3) is 0.941. The van der Waals surface area contributed by atoms with E-state index in [1.807, 2.05) is 0 Å². The molecule has 0 radical (unpaired) electrons. The molecule has 3 unspecified atom stereocenters. The van der Waals surface area contributed by atoms with Crippen LogP contribution in [-0.4, -0.2) is 79.0 Å². The van der Waals surface area contributed by atoms with Crippen LogP contribution in [0.2, 0.25) is 0 Å². The number of carbonyl (C=O) groups excluding carboxylic acids is 1. The molecule has 27 heavy (non-hydrogen) atoms. The number of rotatable bonds is 19. The number of hydrogen-bond donors (Lipinski definition) is 5. The van der Waals surface area contributed by atoms with Crippen LogP contribution in [0, 0.1) is 0 Å². The van der Waals surface area contributed by atoms with Gasteiger partial charge in [0.1, 0.15) is 0 Å². The SMILES string of the molecule is O=C(CCS)OCCCOC(CCS)COC(CCS)COC(O)CCS. The molecule has 0 bridgehead atoms. The molecule has 0 amide bonds. The van der Waals surface area contributed by atoms with Gasteiger partial charge in [0.05, 0.1) is 45.1 Å². The lowest BCUT2D eigenvalue weighted by atomic mass is 10.2. The highest BCUT2D eigenvalue weighted by molar-refractivity contribution is 7.80. The van der Waals surface area contributed by atoms with Crippen LogP contribution in [-0.2, 0) is 23.7 Å². The maximum atomic E-state index is 11.2. The maximum absolute atomic E-state index is 11.2. The lowest BCUT2D eigenvalue weighted by Gasteiger charge is -2.23.